The lowest BCUT2D eigenvalue weighted by Crippen LogP contribution is -2.06. The molecule has 0 saturated heterocycles. The van der Waals surface area contributed by atoms with Crippen LogP contribution in [0, 0.1) is 5.82 Å². The van der Waals surface area contributed by atoms with Crippen LogP contribution in [0.15, 0.2) is 30.0 Å². The van der Waals surface area contributed by atoms with Gasteiger partial charge in [0.2, 0.25) is 5.76 Å². The first-order valence-electron chi connectivity index (χ1n) is 4.47. The van der Waals surface area contributed by atoms with Gasteiger partial charge in [-0.15, -0.1) is 0 Å². The van der Waals surface area contributed by atoms with E-state index in [9.17, 15) is 14.3 Å². The number of hydrogen-bond donors (Lipinski definition) is 1. The number of ether oxygens (including phenoxy) is 1. The van der Waals surface area contributed by atoms with Crippen LogP contribution in [0.5, 0.6) is 0 Å². The summed E-state index contributed by atoms with van der Waals surface area (Å²) in [7, 11) is 0. The van der Waals surface area contributed by atoms with Crippen molar-refractivity contribution in [3.63, 3.8) is 0 Å². The number of aliphatic hydroxyl groups is 1. The van der Waals surface area contributed by atoms with Crippen molar-refractivity contribution in [3.8, 4) is 0 Å². The fourth-order valence-electron chi connectivity index (χ4n) is 1.02. The molecule has 0 aromatic heterocycles. The van der Waals surface area contributed by atoms with E-state index in [-0.39, 0.29) is 6.61 Å². The average Bonchev–Trinajstić information content (AvgIpc) is 2.18. The minimum absolute atomic E-state index is 0.180. The highest BCUT2D eigenvalue weighted by atomic mass is 19.1. The van der Waals surface area contributed by atoms with Crippen LogP contribution in [0.4, 0.5) is 4.39 Å². The highest BCUT2D eigenvalue weighted by Gasteiger charge is 2.07. The SMILES string of the molecule is CCOC(=O)/C(O)=C/c1cccc(F)c1. The van der Waals surface area contributed by atoms with Crippen molar-refractivity contribution in [2.75, 3.05) is 6.61 Å². The Labute approximate surface area is 86.8 Å². The molecule has 0 aliphatic carbocycles. The van der Waals surface area contributed by atoms with Gasteiger partial charge in [0.25, 0.3) is 0 Å². The van der Waals surface area contributed by atoms with Gasteiger partial charge in [0.15, 0.2) is 0 Å². The molecule has 0 spiro atoms. The van der Waals surface area contributed by atoms with Gasteiger partial charge in [0.05, 0.1) is 6.61 Å². The van der Waals surface area contributed by atoms with Crippen molar-refractivity contribution < 1.29 is 19.0 Å². The smallest absolute Gasteiger partial charge is 0.373 e. The molecule has 0 saturated carbocycles. The number of rotatable bonds is 3. The fourth-order valence-corrected chi connectivity index (χ4v) is 1.02. The predicted molar refractivity (Wildman–Crippen MR) is 53.6 cm³/mol. The molecule has 0 unspecified atom stereocenters. The van der Waals surface area contributed by atoms with E-state index in [1.54, 1.807) is 13.0 Å². The van der Waals surface area contributed by atoms with Crippen molar-refractivity contribution >= 4 is 12.0 Å². The maximum atomic E-state index is 12.7. The molecule has 0 bridgehead atoms. The number of esters is 1. The molecule has 0 radical (unpaired) electrons. The summed E-state index contributed by atoms with van der Waals surface area (Å²) in [6.45, 7) is 1.81. The maximum absolute atomic E-state index is 12.7. The van der Waals surface area contributed by atoms with Crippen LogP contribution in [-0.4, -0.2) is 17.7 Å². The molecular formula is C11H11FO3. The lowest BCUT2D eigenvalue weighted by atomic mass is 10.2. The van der Waals surface area contributed by atoms with Gasteiger partial charge < -0.3 is 9.84 Å². The third-order valence-corrected chi connectivity index (χ3v) is 1.64. The summed E-state index contributed by atoms with van der Waals surface area (Å²) in [5, 5.41) is 9.26. The molecule has 1 aromatic carbocycles. The molecule has 0 fully saturated rings. The van der Waals surface area contributed by atoms with E-state index in [0.717, 1.165) is 6.08 Å². The van der Waals surface area contributed by atoms with Crippen molar-refractivity contribution in [3.05, 3.63) is 41.4 Å². The largest absolute Gasteiger partial charge is 0.502 e. The first-order valence-corrected chi connectivity index (χ1v) is 4.47. The monoisotopic (exact) mass is 210 g/mol. The van der Waals surface area contributed by atoms with Crippen LogP contribution in [-0.2, 0) is 9.53 Å². The summed E-state index contributed by atoms with van der Waals surface area (Å²) in [6.07, 6.45) is 1.15. The second-order valence-electron chi connectivity index (χ2n) is 2.81. The Bertz CT molecular complexity index is 385. The maximum Gasteiger partial charge on any atom is 0.373 e. The van der Waals surface area contributed by atoms with Crippen LogP contribution in [0.25, 0.3) is 6.08 Å². The summed E-state index contributed by atoms with van der Waals surface area (Å²) in [6, 6.07) is 5.53. The summed E-state index contributed by atoms with van der Waals surface area (Å²) in [4.78, 5) is 11.0. The van der Waals surface area contributed by atoms with Gasteiger partial charge in [-0.2, -0.15) is 0 Å². The number of aliphatic hydroxyl groups excluding tert-OH is 1. The summed E-state index contributed by atoms with van der Waals surface area (Å²) in [5.41, 5.74) is 0.403. The Kier molecular flexibility index (Phi) is 3.85. The minimum atomic E-state index is -0.818. The zero-order valence-electron chi connectivity index (χ0n) is 8.24. The van der Waals surface area contributed by atoms with Gasteiger partial charge in [0, 0.05) is 0 Å². The van der Waals surface area contributed by atoms with Crippen LogP contribution in [0.1, 0.15) is 12.5 Å². The van der Waals surface area contributed by atoms with E-state index in [1.807, 2.05) is 0 Å². The molecule has 1 aromatic rings. The third kappa shape index (κ3) is 3.42. The standard InChI is InChI=1S/C11H11FO3/c1-2-15-11(14)10(13)7-8-4-3-5-9(12)6-8/h3-7,13H,2H2,1H3/b10-7-. The van der Waals surface area contributed by atoms with Gasteiger partial charge in [0.1, 0.15) is 5.82 Å². The molecule has 15 heavy (non-hydrogen) atoms. The predicted octanol–water partition coefficient (Wildman–Crippen LogP) is 2.29. The fraction of sp³-hybridized carbons (Fsp3) is 0.182. The van der Waals surface area contributed by atoms with Crippen molar-refractivity contribution in [2.24, 2.45) is 0 Å². The van der Waals surface area contributed by atoms with Gasteiger partial charge >= 0.3 is 5.97 Å². The lowest BCUT2D eigenvalue weighted by molar-refractivity contribution is -0.141. The molecule has 80 valence electrons. The van der Waals surface area contributed by atoms with E-state index in [4.69, 9.17) is 0 Å². The number of benzene rings is 1. The van der Waals surface area contributed by atoms with Crippen molar-refractivity contribution in [1.29, 1.82) is 0 Å². The number of halogens is 1. The molecule has 3 nitrogen and oxygen atoms in total. The molecular weight excluding hydrogens is 199 g/mol. The molecule has 0 aliphatic heterocycles. The van der Waals surface area contributed by atoms with E-state index >= 15 is 0 Å². The summed E-state index contributed by atoms with van der Waals surface area (Å²) < 4.78 is 17.3. The van der Waals surface area contributed by atoms with E-state index in [1.165, 1.54) is 18.2 Å². The Balaban J connectivity index is 2.82. The minimum Gasteiger partial charge on any atom is -0.502 e. The topological polar surface area (TPSA) is 46.5 Å². The summed E-state index contributed by atoms with van der Waals surface area (Å²) in [5.74, 6) is -1.79. The Morgan fingerprint density at radius 3 is 2.93 bits per heavy atom. The number of hydrogen-bond acceptors (Lipinski definition) is 3. The van der Waals surface area contributed by atoms with Crippen molar-refractivity contribution in [1.82, 2.24) is 0 Å². The first-order chi connectivity index (χ1) is 7.13. The average molecular weight is 210 g/mol. The zero-order valence-corrected chi connectivity index (χ0v) is 8.24. The van der Waals surface area contributed by atoms with Crippen LogP contribution < -0.4 is 0 Å². The number of carbonyl (C=O) groups is 1. The molecule has 1 N–H and O–H groups in total. The molecule has 0 amide bonds. The van der Waals surface area contributed by atoms with Crippen LogP contribution in [0.3, 0.4) is 0 Å². The lowest BCUT2D eigenvalue weighted by Gasteiger charge is -2.00. The normalized spacial score (nSPS) is 11.2. The van der Waals surface area contributed by atoms with Gasteiger partial charge in [-0.3, -0.25) is 0 Å². The van der Waals surface area contributed by atoms with E-state index in [0.29, 0.717) is 5.56 Å². The van der Waals surface area contributed by atoms with Gasteiger partial charge in [-0.05, 0) is 30.7 Å². The van der Waals surface area contributed by atoms with E-state index < -0.39 is 17.5 Å². The van der Waals surface area contributed by atoms with E-state index in [2.05, 4.69) is 4.74 Å². The Morgan fingerprint density at radius 2 is 2.33 bits per heavy atom. The number of carbonyl (C=O) groups excluding carboxylic acids is 1. The second kappa shape index (κ2) is 5.14. The molecule has 0 heterocycles. The Morgan fingerprint density at radius 1 is 1.60 bits per heavy atom. The third-order valence-electron chi connectivity index (χ3n) is 1.64. The van der Waals surface area contributed by atoms with Gasteiger partial charge in [-0.25, -0.2) is 9.18 Å². The van der Waals surface area contributed by atoms with Crippen LogP contribution >= 0.6 is 0 Å². The molecule has 0 aliphatic rings. The highest BCUT2D eigenvalue weighted by molar-refractivity contribution is 5.90. The quantitative estimate of drug-likeness (QED) is 0.473. The van der Waals surface area contributed by atoms with Crippen molar-refractivity contribution in [2.45, 2.75) is 6.92 Å². The molecule has 1 rings (SSSR count). The van der Waals surface area contributed by atoms with Crippen LogP contribution in [0.2, 0.25) is 0 Å². The molecule has 0 atom stereocenters. The van der Waals surface area contributed by atoms with Gasteiger partial charge in [-0.1, -0.05) is 12.1 Å². The Hall–Kier alpha value is -1.84. The second-order valence-corrected chi connectivity index (χ2v) is 2.81. The summed E-state index contributed by atoms with van der Waals surface area (Å²) >= 11 is 0. The highest BCUT2D eigenvalue weighted by Crippen LogP contribution is 2.08. The zero-order chi connectivity index (χ0) is 11.3. The first kappa shape index (κ1) is 11.2. The molecule has 4 heteroatoms.